The number of benzene rings is 2. The molecule has 1 heterocycles. The van der Waals surface area contributed by atoms with Crippen molar-refractivity contribution in [2.45, 2.75) is 26.6 Å². The maximum atomic E-state index is 14.1. The first kappa shape index (κ1) is 20.4. The normalized spacial score (nSPS) is 12.5. The third-order valence-electron chi connectivity index (χ3n) is 4.51. The van der Waals surface area contributed by atoms with Gasteiger partial charge in [-0.3, -0.25) is 0 Å². The van der Waals surface area contributed by atoms with Crippen LogP contribution in [0.4, 0.5) is 4.39 Å². The van der Waals surface area contributed by atoms with E-state index in [2.05, 4.69) is 13.2 Å². The Morgan fingerprint density at radius 1 is 1.21 bits per heavy atom. The molecule has 0 spiro atoms. The SMILES string of the molecule is C=C/C=C(\C(=C)F)c1cc2c(cc1C(=O)OC)-c1ccc(OC(C)C)cc1CO2. The first-order valence-electron chi connectivity index (χ1n) is 9.22. The van der Waals surface area contributed by atoms with Gasteiger partial charge in [-0.2, -0.15) is 0 Å². The van der Waals surface area contributed by atoms with Gasteiger partial charge in [-0.05, 0) is 43.7 Å². The fourth-order valence-corrected chi connectivity index (χ4v) is 3.31. The van der Waals surface area contributed by atoms with Crippen molar-refractivity contribution < 1.29 is 23.4 Å². The summed E-state index contributed by atoms with van der Waals surface area (Å²) < 4.78 is 30.7. The number of methoxy groups -OCH3 is 1. The third-order valence-corrected chi connectivity index (χ3v) is 4.51. The Hall–Kier alpha value is -3.34. The van der Waals surface area contributed by atoms with Gasteiger partial charge >= 0.3 is 5.97 Å². The number of rotatable bonds is 6. The summed E-state index contributed by atoms with van der Waals surface area (Å²) >= 11 is 0. The average molecular weight is 394 g/mol. The number of allylic oxidation sites excluding steroid dienone is 4. The molecule has 0 unspecified atom stereocenters. The summed E-state index contributed by atoms with van der Waals surface area (Å²) in [6, 6.07) is 9.05. The molecular weight excluding hydrogens is 371 g/mol. The van der Waals surface area contributed by atoms with Crippen LogP contribution in [0.2, 0.25) is 0 Å². The number of carbonyl (C=O) groups is 1. The van der Waals surface area contributed by atoms with Crippen molar-refractivity contribution in [1.82, 2.24) is 0 Å². The zero-order valence-corrected chi connectivity index (χ0v) is 16.8. The Bertz CT molecular complexity index is 1020. The van der Waals surface area contributed by atoms with Crippen LogP contribution < -0.4 is 9.47 Å². The van der Waals surface area contributed by atoms with E-state index in [-0.39, 0.29) is 17.2 Å². The number of hydrogen-bond acceptors (Lipinski definition) is 4. The Kier molecular flexibility index (Phi) is 5.87. The summed E-state index contributed by atoms with van der Waals surface area (Å²) in [4.78, 5) is 12.5. The van der Waals surface area contributed by atoms with Crippen LogP contribution in [0.5, 0.6) is 11.5 Å². The highest BCUT2D eigenvalue weighted by Gasteiger charge is 2.25. The monoisotopic (exact) mass is 394 g/mol. The van der Waals surface area contributed by atoms with Gasteiger partial charge in [0.2, 0.25) is 0 Å². The zero-order chi connectivity index (χ0) is 21.1. The highest BCUT2D eigenvalue weighted by Crippen LogP contribution is 2.42. The Balaban J connectivity index is 2.19. The van der Waals surface area contributed by atoms with Crippen LogP contribution in [0.1, 0.15) is 35.3 Å². The number of ether oxygens (including phenoxy) is 3. The lowest BCUT2D eigenvalue weighted by atomic mass is 9.90. The van der Waals surface area contributed by atoms with Gasteiger partial charge in [-0.15, -0.1) is 0 Å². The third kappa shape index (κ3) is 4.09. The van der Waals surface area contributed by atoms with Crippen LogP contribution in [0.15, 0.2) is 61.5 Å². The van der Waals surface area contributed by atoms with Gasteiger partial charge in [-0.1, -0.05) is 31.4 Å². The molecule has 0 atom stereocenters. The molecule has 0 aromatic heterocycles. The van der Waals surface area contributed by atoms with Gasteiger partial charge in [0.05, 0.1) is 18.8 Å². The average Bonchev–Trinajstić information content (AvgIpc) is 2.69. The molecule has 150 valence electrons. The number of hydrogen-bond donors (Lipinski definition) is 0. The van der Waals surface area contributed by atoms with Crippen molar-refractivity contribution in [3.63, 3.8) is 0 Å². The highest BCUT2D eigenvalue weighted by molar-refractivity contribution is 6.00. The molecular formula is C24H23FO4. The lowest BCUT2D eigenvalue weighted by Crippen LogP contribution is -2.12. The van der Waals surface area contributed by atoms with Crippen molar-refractivity contribution in [2.24, 2.45) is 0 Å². The molecule has 2 aromatic carbocycles. The Morgan fingerprint density at radius 3 is 2.59 bits per heavy atom. The molecule has 3 rings (SSSR count). The predicted octanol–water partition coefficient (Wildman–Crippen LogP) is 5.87. The van der Waals surface area contributed by atoms with E-state index in [1.165, 1.54) is 19.3 Å². The molecule has 5 heteroatoms. The lowest BCUT2D eigenvalue weighted by molar-refractivity contribution is 0.0600. The van der Waals surface area contributed by atoms with E-state index in [1.54, 1.807) is 12.1 Å². The predicted molar refractivity (Wildman–Crippen MR) is 112 cm³/mol. The molecule has 1 aliphatic heterocycles. The molecule has 0 saturated heterocycles. The molecule has 29 heavy (non-hydrogen) atoms. The maximum Gasteiger partial charge on any atom is 0.338 e. The van der Waals surface area contributed by atoms with E-state index in [9.17, 15) is 9.18 Å². The second-order valence-electron chi connectivity index (χ2n) is 6.88. The van der Waals surface area contributed by atoms with Gasteiger partial charge < -0.3 is 14.2 Å². The Morgan fingerprint density at radius 2 is 1.97 bits per heavy atom. The smallest absolute Gasteiger partial charge is 0.338 e. The summed E-state index contributed by atoms with van der Waals surface area (Å²) in [5.41, 5.74) is 3.30. The van der Waals surface area contributed by atoms with Gasteiger partial charge in [-0.25, -0.2) is 9.18 Å². The van der Waals surface area contributed by atoms with Crippen molar-refractivity contribution >= 4 is 11.5 Å². The van der Waals surface area contributed by atoms with Gasteiger partial charge in [0.25, 0.3) is 0 Å². The van der Waals surface area contributed by atoms with E-state index >= 15 is 0 Å². The van der Waals surface area contributed by atoms with Gasteiger partial charge in [0.1, 0.15) is 23.9 Å². The van der Waals surface area contributed by atoms with E-state index in [4.69, 9.17) is 14.2 Å². The first-order valence-corrected chi connectivity index (χ1v) is 9.22. The molecule has 0 N–H and O–H groups in total. The molecule has 4 nitrogen and oxygen atoms in total. The summed E-state index contributed by atoms with van der Waals surface area (Å²) in [5, 5.41) is 0. The van der Waals surface area contributed by atoms with Crippen molar-refractivity contribution in [3.05, 3.63) is 78.2 Å². The standard InChI is InChI=1S/C24H23FO4/c1-6-7-18(15(4)25)20-12-23-21(11-22(20)24(26)27-5)19-9-8-17(29-14(2)3)10-16(19)13-28-23/h6-12,14H,1,4,13H2,2-3,5H3/b18-7+. The lowest BCUT2D eigenvalue weighted by Gasteiger charge is -2.24. The van der Waals surface area contributed by atoms with Crippen molar-refractivity contribution in [3.8, 4) is 22.6 Å². The van der Waals surface area contributed by atoms with Gasteiger partial charge in [0.15, 0.2) is 0 Å². The van der Waals surface area contributed by atoms with Crippen LogP contribution in [-0.4, -0.2) is 19.2 Å². The summed E-state index contributed by atoms with van der Waals surface area (Å²) in [6.07, 6.45) is 2.96. The van der Waals surface area contributed by atoms with Crippen molar-refractivity contribution in [1.29, 1.82) is 0 Å². The van der Waals surface area contributed by atoms with Crippen LogP contribution in [0, 0.1) is 0 Å². The number of fused-ring (bicyclic) bond motifs is 3. The molecule has 0 saturated carbocycles. The summed E-state index contributed by atoms with van der Waals surface area (Å²) in [7, 11) is 1.28. The fourth-order valence-electron chi connectivity index (χ4n) is 3.31. The van der Waals surface area contributed by atoms with E-state index in [0.29, 0.717) is 17.9 Å². The molecule has 2 aromatic rings. The minimum atomic E-state index is -0.679. The fraction of sp³-hybridized carbons (Fsp3) is 0.208. The van der Waals surface area contributed by atoms with Crippen LogP contribution in [0.25, 0.3) is 16.7 Å². The van der Waals surface area contributed by atoms with Gasteiger partial charge in [0, 0.05) is 22.3 Å². The minimum absolute atomic E-state index is 0.0576. The number of halogens is 1. The summed E-state index contributed by atoms with van der Waals surface area (Å²) in [5.74, 6) is 0.0435. The second kappa shape index (κ2) is 8.35. The molecule has 0 fully saturated rings. The zero-order valence-electron chi connectivity index (χ0n) is 16.8. The molecule has 1 aliphatic rings. The van der Waals surface area contributed by atoms with E-state index in [0.717, 1.165) is 22.4 Å². The maximum absolute atomic E-state index is 14.1. The van der Waals surface area contributed by atoms with Crippen LogP contribution in [0.3, 0.4) is 0 Å². The van der Waals surface area contributed by atoms with E-state index < -0.39 is 11.8 Å². The quantitative estimate of drug-likeness (QED) is 0.454. The molecule has 0 radical (unpaired) electrons. The van der Waals surface area contributed by atoms with Crippen molar-refractivity contribution in [2.75, 3.05) is 7.11 Å². The topological polar surface area (TPSA) is 44.8 Å². The molecule has 0 aliphatic carbocycles. The molecule has 0 bridgehead atoms. The van der Waals surface area contributed by atoms with Crippen LogP contribution >= 0.6 is 0 Å². The molecule has 0 amide bonds. The van der Waals surface area contributed by atoms with Crippen LogP contribution in [-0.2, 0) is 11.3 Å². The number of esters is 1. The van der Waals surface area contributed by atoms with E-state index in [1.807, 2.05) is 32.0 Å². The summed E-state index contributed by atoms with van der Waals surface area (Å²) in [6.45, 7) is 11.2. The largest absolute Gasteiger partial charge is 0.491 e. The second-order valence-corrected chi connectivity index (χ2v) is 6.88. The number of carbonyl (C=O) groups excluding carboxylic acids is 1. The Labute approximate surface area is 169 Å². The first-order chi connectivity index (χ1) is 13.8. The minimum Gasteiger partial charge on any atom is -0.491 e. The highest BCUT2D eigenvalue weighted by atomic mass is 19.1.